The van der Waals surface area contributed by atoms with E-state index < -0.39 is 17.9 Å². The van der Waals surface area contributed by atoms with Gasteiger partial charge in [-0.15, -0.1) is 0 Å². The van der Waals surface area contributed by atoms with Crippen molar-refractivity contribution < 1.29 is 19.2 Å². The Bertz CT molecular complexity index is 1560. The molecule has 13 heteroatoms. The number of benzene rings is 2. The van der Waals surface area contributed by atoms with Crippen LogP contribution in [-0.4, -0.2) is 83.2 Å². The summed E-state index contributed by atoms with van der Waals surface area (Å²) in [6, 6.07) is 12.6. The molecule has 3 rings (SSSR count). The molecule has 6 N–H and O–H groups in total. The van der Waals surface area contributed by atoms with E-state index in [4.69, 9.17) is 5.73 Å². The quantitative estimate of drug-likeness (QED) is 0.155. The maximum atomic E-state index is 13.3. The predicted octanol–water partition coefficient (Wildman–Crippen LogP) is 4.08. The first-order chi connectivity index (χ1) is 21.9. The summed E-state index contributed by atoms with van der Waals surface area (Å²) >= 11 is 0. The topological polar surface area (TPSA) is 175 Å². The van der Waals surface area contributed by atoms with Crippen molar-refractivity contribution in [3.05, 3.63) is 78.0 Å². The molecule has 0 fully saturated rings. The summed E-state index contributed by atoms with van der Waals surface area (Å²) in [5.41, 5.74) is 7.43. The Morgan fingerprint density at radius 1 is 0.957 bits per heavy atom. The maximum Gasteiger partial charge on any atom is 0.260 e. The van der Waals surface area contributed by atoms with Crippen LogP contribution in [0.4, 0.5) is 28.8 Å². The van der Waals surface area contributed by atoms with Gasteiger partial charge in [0.2, 0.25) is 23.7 Å². The van der Waals surface area contributed by atoms with Gasteiger partial charge in [0.25, 0.3) is 5.91 Å². The maximum absolute atomic E-state index is 13.3. The molecule has 0 spiro atoms. The molecule has 4 amide bonds. The van der Waals surface area contributed by atoms with E-state index in [2.05, 4.69) is 31.2 Å². The number of carbonyl (C=O) groups is 4. The molecule has 1 aromatic heterocycles. The number of carbonyl (C=O) groups excluding carboxylic acids is 4. The van der Waals surface area contributed by atoms with E-state index in [0.717, 1.165) is 12.8 Å². The summed E-state index contributed by atoms with van der Waals surface area (Å²) in [7, 11) is 5.47. The van der Waals surface area contributed by atoms with Gasteiger partial charge in [0, 0.05) is 54.5 Å². The standard InChI is InChI=1S/C33H43N9O4/c1-7-18-35-30-27(20-36-33(40-30)39-23-14-12-22(13-15-23)29(34)44)32(46)38-25-11-9-10-24(19-25)37-31(45)21(3)42(6)28(43)17-16-26(8-2)41(4)5/h9-17,19-21,26H,7-8,18H2,1-6H3,(H2,34,44)(H,37,45)(H,38,46)(H2,35,36,39,40)/t21-,26?/m0/s1. The van der Waals surface area contributed by atoms with Crippen LogP contribution in [0.2, 0.25) is 0 Å². The predicted molar refractivity (Wildman–Crippen MR) is 181 cm³/mol. The minimum absolute atomic E-state index is 0.118. The molecule has 1 unspecified atom stereocenters. The van der Waals surface area contributed by atoms with E-state index in [9.17, 15) is 19.2 Å². The summed E-state index contributed by atoms with van der Waals surface area (Å²) in [5, 5.41) is 11.9. The average molecular weight is 630 g/mol. The van der Waals surface area contributed by atoms with E-state index >= 15 is 0 Å². The third-order valence-corrected chi connectivity index (χ3v) is 7.24. The highest BCUT2D eigenvalue weighted by molar-refractivity contribution is 6.08. The normalized spacial score (nSPS) is 12.3. The SMILES string of the molecule is CCCNc1nc(Nc2ccc(C(N)=O)cc2)ncc1C(=O)Nc1cccc(NC(=O)[C@H](C)N(C)C(=O)C=CC(CC)N(C)C)c1. The number of hydrogen-bond acceptors (Lipinski definition) is 9. The molecule has 2 atom stereocenters. The first-order valence-electron chi connectivity index (χ1n) is 15.0. The number of anilines is 5. The number of hydrogen-bond donors (Lipinski definition) is 5. The van der Waals surface area contributed by atoms with Gasteiger partial charge in [-0.3, -0.25) is 19.2 Å². The number of primary amides is 1. The first-order valence-corrected chi connectivity index (χ1v) is 15.0. The molecule has 3 aromatic rings. The van der Waals surface area contributed by atoms with Gasteiger partial charge >= 0.3 is 0 Å². The van der Waals surface area contributed by atoms with Crippen molar-refractivity contribution in [2.24, 2.45) is 5.73 Å². The van der Waals surface area contributed by atoms with Crippen molar-refractivity contribution in [3.8, 4) is 0 Å². The number of aromatic nitrogens is 2. The minimum Gasteiger partial charge on any atom is -0.369 e. The monoisotopic (exact) mass is 629 g/mol. The van der Waals surface area contributed by atoms with Crippen LogP contribution >= 0.6 is 0 Å². The largest absolute Gasteiger partial charge is 0.369 e. The van der Waals surface area contributed by atoms with Gasteiger partial charge in [-0.25, -0.2) is 4.98 Å². The number of nitrogens with zero attached hydrogens (tertiary/aromatic N) is 4. The second-order valence-electron chi connectivity index (χ2n) is 10.9. The van der Waals surface area contributed by atoms with Crippen molar-refractivity contribution in [2.75, 3.05) is 49.0 Å². The second kappa shape index (κ2) is 16.7. The molecular formula is C33H43N9O4. The molecule has 2 aromatic carbocycles. The molecule has 0 radical (unpaired) electrons. The molecule has 0 aliphatic carbocycles. The van der Waals surface area contributed by atoms with Crippen LogP contribution in [0.1, 0.15) is 54.3 Å². The summed E-state index contributed by atoms with van der Waals surface area (Å²) in [6.45, 7) is 6.25. The smallest absolute Gasteiger partial charge is 0.260 e. The van der Waals surface area contributed by atoms with E-state index in [1.165, 1.54) is 17.2 Å². The number of amides is 4. The van der Waals surface area contributed by atoms with Crippen molar-refractivity contribution >= 4 is 52.5 Å². The van der Waals surface area contributed by atoms with Crippen molar-refractivity contribution in [3.63, 3.8) is 0 Å². The molecule has 0 bridgehead atoms. The number of nitrogens with two attached hydrogens (primary N) is 1. The fraction of sp³-hybridized carbons (Fsp3) is 0.333. The molecule has 0 saturated heterocycles. The second-order valence-corrected chi connectivity index (χ2v) is 10.9. The minimum atomic E-state index is -0.743. The summed E-state index contributed by atoms with van der Waals surface area (Å²) in [5.74, 6) is -1.04. The van der Waals surface area contributed by atoms with Crippen LogP contribution in [-0.2, 0) is 9.59 Å². The molecule has 0 aliphatic rings. The van der Waals surface area contributed by atoms with Gasteiger partial charge in [-0.2, -0.15) is 4.98 Å². The lowest BCUT2D eigenvalue weighted by Gasteiger charge is -2.24. The molecule has 0 aliphatic heterocycles. The zero-order chi connectivity index (χ0) is 33.8. The van der Waals surface area contributed by atoms with Crippen molar-refractivity contribution in [1.29, 1.82) is 0 Å². The molecule has 244 valence electrons. The van der Waals surface area contributed by atoms with Gasteiger partial charge in [0.05, 0.1) is 0 Å². The van der Waals surface area contributed by atoms with E-state index in [0.29, 0.717) is 35.0 Å². The van der Waals surface area contributed by atoms with Crippen LogP contribution in [0.3, 0.4) is 0 Å². The Hall–Kier alpha value is -5.30. The molecule has 0 saturated carbocycles. The molecule has 1 heterocycles. The van der Waals surface area contributed by atoms with E-state index in [-0.39, 0.29) is 29.4 Å². The zero-order valence-electron chi connectivity index (χ0n) is 27.1. The van der Waals surface area contributed by atoms with Gasteiger partial charge in [-0.05, 0) is 76.3 Å². The van der Waals surface area contributed by atoms with Crippen molar-refractivity contribution in [1.82, 2.24) is 19.8 Å². The van der Waals surface area contributed by atoms with Crippen LogP contribution in [0.15, 0.2) is 66.9 Å². The number of nitrogens with one attached hydrogen (secondary N) is 4. The molecule has 13 nitrogen and oxygen atoms in total. The Labute approximate surface area is 269 Å². The molecule has 46 heavy (non-hydrogen) atoms. The van der Waals surface area contributed by atoms with E-state index in [1.54, 1.807) is 62.5 Å². The summed E-state index contributed by atoms with van der Waals surface area (Å²) in [4.78, 5) is 62.5. The highest BCUT2D eigenvalue weighted by atomic mass is 16.2. The third-order valence-electron chi connectivity index (χ3n) is 7.24. The van der Waals surface area contributed by atoms with Crippen LogP contribution in [0.25, 0.3) is 0 Å². The van der Waals surface area contributed by atoms with E-state index in [1.807, 2.05) is 38.9 Å². The molecular weight excluding hydrogens is 586 g/mol. The lowest BCUT2D eigenvalue weighted by atomic mass is 10.2. The lowest BCUT2D eigenvalue weighted by molar-refractivity contribution is -0.132. The average Bonchev–Trinajstić information content (AvgIpc) is 3.03. The van der Waals surface area contributed by atoms with Gasteiger partial charge < -0.3 is 36.8 Å². The fourth-order valence-electron chi connectivity index (χ4n) is 4.30. The summed E-state index contributed by atoms with van der Waals surface area (Å²) in [6.07, 6.45) is 6.39. The number of likely N-dealkylation sites (N-methyl/N-ethyl adjacent to an activating group) is 2. The van der Waals surface area contributed by atoms with Gasteiger partial charge in [-0.1, -0.05) is 26.0 Å². The summed E-state index contributed by atoms with van der Waals surface area (Å²) < 4.78 is 0. The zero-order valence-corrected chi connectivity index (χ0v) is 27.1. The Morgan fingerprint density at radius 2 is 1.63 bits per heavy atom. The van der Waals surface area contributed by atoms with Crippen LogP contribution in [0.5, 0.6) is 0 Å². The number of rotatable bonds is 15. The fourth-order valence-corrected chi connectivity index (χ4v) is 4.30. The Kier molecular flexibility index (Phi) is 12.8. The Morgan fingerprint density at radius 3 is 2.24 bits per heavy atom. The van der Waals surface area contributed by atoms with Crippen LogP contribution < -0.4 is 27.0 Å². The highest BCUT2D eigenvalue weighted by Crippen LogP contribution is 2.21. The van der Waals surface area contributed by atoms with Crippen molar-refractivity contribution in [2.45, 2.75) is 45.7 Å². The first kappa shape index (κ1) is 35.2. The van der Waals surface area contributed by atoms with Crippen LogP contribution in [0, 0.1) is 0 Å². The highest BCUT2D eigenvalue weighted by Gasteiger charge is 2.22. The van der Waals surface area contributed by atoms with Gasteiger partial charge in [0.1, 0.15) is 17.4 Å². The third kappa shape index (κ3) is 9.86. The lowest BCUT2D eigenvalue weighted by Crippen LogP contribution is -2.42. The Balaban J connectivity index is 1.69. The van der Waals surface area contributed by atoms with Gasteiger partial charge in [0.15, 0.2) is 0 Å².